The first-order valence-electron chi connectivity index (χ1n) is 4.39. The Morgan fingerprint density at radius 3 is 2.64 bits per heavy atom. The molecule has 1 aromatic carbocycles. The molecule has 1 aromatic rings. The lowest BCUT2D eigenvalue weighted by molar-refractivity contribution is 0.0992. The lowest BCUT2D eigenvalue weighted by atomic mass is 10.0. The van der Waals surface area contributed by atoms with E-state index in [1.807, 2.05) is 26.0 Å². The standard InChI is InChI=1S/C11H13BrO2/c1-7-5-4-6-9(14-3)10(7)11(13)8(2)12/h4-6,8H,1-3H3. The summed E-state index contributed by atoms with van der Waals surface area (Å²) in [6, 6.07) is 5.59. The van der Waals surface area contributed by atoms with Crippen LogP contribution in [-0.2, 0) is 0 Å². The molecule has 0 aliphatic rings. The number of alkyl halides is 1. The van der Waals surface area contributed by atoms with E-state index in [0.717, 1.165) is 5.56 Å². The van der Waals surface area contributed by atoms with Gasteiger partial charge in [-0.3, -0.25) is 4.79 Å². The minimum absolute atomic E-state index is 0.0555. The van der Waals surface area contributed by atoms with Gasteiger partial charge in [0.05, 0.1) is 17.5 Å². The zero-order valence-electron chi connectivity index (χ0n) is 8.50. The first-order chi connectivity index (χ1) is 6.57. The highest BCUT2D eigenvalue weighted by molar-refractivity contribution is 9.10. The Hall–Kier alpha value is -0.830. The van der Waals surface area contributed by atoms with Crippen LogP contribution in [0, 0.1) is 6.92 Å². The Kier molecular flexibility index (Phi) is 3.69. The van der Waals surface area contributed by atoms with Crippen molar-refractivity contribution in [1.82, 2.24) is 0 Å². The summed E-state index contributed by atoms with van der Waals surface area (Å²) >= 11 is 3.27. The highest BCUT2D eigenvalue weighted by Crippen LogP contribution is 2.24. The molecule has 0 bridgehead atoms. The number of aryl methyl sites for hydroxylation is 1. The summed E-state index contributed by atoms with van der Waals surface area (Å²) in [7, 11) is 1.57. The Morgan fingerprint density at radius 1 is 1.50 bits per heavy atom. The first kappa shape index (κ1) is 11.2. The minimum Gasteiger partial charge on any atom is -0.496 e. The van der Waals surface area contributed by atoms with E-state index in [4.69, 9.17) is 4.74 Å². The maximum atomic E-state index is 11.8. The quantitative estimate of drug-likeness (QED) is 0.614. The number of rotatable bonds is 3. The van der Waals surface area contributed by atoms with Gasteiger partial charge in [-0.05, 0) is 25.5 Å². The molecule has 0 aromatic heterocycles. The third-order valence-corrected chi connectivity index (χ3v) is 2.48. The van der Waals surface area contributed by atoms with Gasteiger partial charge in [-0.25, -0.2) is 0 Å². The monoisotopic (exact) mass is 256 g/mol. The molecule has 1 atom stereocenters. The normalized spacial score (nSPS) is 12.3. The van der Waals surface area contributed by atoms with Crippen molar-refractivity contribution in [1.29, 1.82) is 0 Å². The minimum atomic E-state index is -0.183. The van der Waals surface area contributed by atoms with Crippen molar-refractivity contribution in [2.24, 2.45) is 0 Å². The number of ketones is 1. The molecule has 2 nitrogen and oxygen atoms in total. The Bertz CT molecular complexity index is 345. The molecule has 0 aliphatic carbocycles. The van der Waals surface area contributed by atoms with Crippen molar-refractivity contribution in [3.63, 3.8) is 0 Å². The molecule has 0 radical (unpaired) electrons. The van der Waals surface area contributed by atoms with Crippen LogP contribution in [0.1, 0.15) is 22.8 Å². The van der Waals surface area contributed by atoms with Gasteiger partial charge in [-0.1, -0.05) is 28.1 Å². The summed E-state index contributed by atoms with van der Waals surface area (Å²) in [6.07, 6.45) is 0. The number of hydrogen-bond acceptors (Lipinski definition) is 2. The van der Waals surface area contributed by atoms with Gasteiger partial charge in [-0.15, -0.1) is 0 Å². The zero-order chi connectivity index (χ0) is 10.7. The summed E-state index contributed by atoms with van der Waals surface area (Å²) in [5.74, 6) is 0.696. The number of halogens is 1. The van der Waals surface area contributed by atoms with Crippen molar-refractivity contribution in [3.8, 4) is 5.75 Å². The molecule has 1 rings (SSSR count). The molecular weight excluding hydrogens is 244 g/mol. The molecular formula is C11H13BrO2. The van der Waals surface area contributed by atoms with Crippen LogP contribution in [0.5, 0.6) is 5.75 Å². The maximum absolute atomic E-state index is 11.8. The Morgan fingerprint density at radius 2 is 2.14 bits per heavy atom. The number of carbonyl (C=O) groups is 1. The fraction of sp³-hybridized carbons (Fsp3) is 0.364. The average molecular weight is 257 g/mol. The third kappa shape index (κ3) is 2.15. The van der Waals surface area contributed by atoms with Crippen LogP contribution in [-0.4, -0.2) is 17.7 Å². The fourth-order valence-corrected chi connectivity index (χ4v) is 1.55. The van der Waals surface area contributed by atoms with E-state index >= 15 is 0 Å². The van der Waals surface area contributed by atoms with Crippen LogP contribution >= 0.6 is 15.9 Å². The molecule has 0 spiro atoms. The van der Waals surface area contributed by atoms with Crippen molar-refractivity contribution in [3.05, 3.63) is 29.3 Å². The van der Waals surface area contributed by atoms with Gasteiger partial charge in [0.2, 0.25) is 0 Å². The third-order valence-electron chi connectivity index (χ3n) is 2.06. The molecule has 76 valence electrons. The van der Waals surface area contributed by atoms with Gasteiger partial charge in [0.15, 0.2) is 5.78 Å². The van der Waals surface area contributed by atoms with Crippen molar-refractivity contribution < 1.29 is 9.53 Å². The number of carbonyl (C=O) groups excluding carboxylic acids is 1. The Labute approximate surface area is 92.4 Å². The Balaban J connectivity index is 3.23. The number of ether oxygens (including phenoxy) is 1. The van der Waals surface area contributed by atoms with Crippen LogP contribution in [0.15, 0.2) is 18.2 Å². The number of Topliss-reactive ketones (excluding diaryl/α,β-unsaturated/α-hetero) is 1. The second kappa shape index (κ2) is 4.60. The number of benzene rings is 1. The highest BCUT2D eigenvalue weighted by Gasteiger charge is 2.18. The first-order valence-corrected chi connectivity index (χ1v) is 5.31. The predicted octanol–water partition coefficient (Wildman–Crippen LogP) is 2.97. The summed E-state index contributed by atoms with van der Waals surface area (Å²) < 4.78 is 5.16. The second-order valence-corrected chi connectivity index (χ2v) is 4.51. The van der Waals surface area contributed by atoms with E-state index in [9.17, 15) is 4.79 Å². The van der Waals surface area contributed by atoms with Crippen LogP contribution in [0.3, 0.4) is 0 Å². The summed E-state index contributed by atoms with van der Waals surface area (Å²) in [4.78, 5) is 11.6. The molecule has 14 heavy (non-hydrogen) atoms. The highest BCUT2D eigenvalue weighted by atomic mass is 79.9. The molecule has 0 fully saturated rings. The van der Waals surface area contributed by atoms with Crippen molar-refractivity contribution in [2.75, 3.05) is 7.11 Å². The van der Waals surface area contributed by atoms with E-state index in [-0.39, 0.29) is 10.6 Å². The van der Waals surface area contributed by atoms with E-state index in [1.165, 1.54) is 0 Å². The van der Waals surface area contributed by atoms with E-state index in [0.29, 0.717) is 11.3 Å². The molecule has 0 aliphatic heterocycles. The van der Waals surface area contributed by atoms with Gasteiger partial charge in [0.1, 0.15) is 5.75 Å². The number of methoxy groups -OCH3 is 1. The van der Waals surface area contributed by atoms with E-state index < -0.39 is 0 Å². The average Bonchev–Trinajstić information content (AvgIpc) is 2.16. The predicted molar refractivity (Wildman–Crippen MR) is 60.5 cm³/mol. The van der Waals surface area contributed by atoms with Gasteiger partial charge in [0.25, 0.3) is 0 Å². The van der Waals surface area contributed by atoms with E-state index in [2.05, 4.69) is 15.9 Å². The van der Waals surface area contributed by atoms with Gasteiger partial charge >= 0.3 is 0 Å². The fourth-order valence-electron chi connectivity index (χ4n) is 1.33. The van der Waals surface area contributed by atoms with Gasteiger partial charge < -0.3 is 4.74 Å². The van der Waals surface area contributed by atoms with Crippen LogP contribution in [0.25, 0.3) is 0 Å². The molecule has 3 heteroatoms. The van der Waals surface area contributed by atoms with Crippen molar-refractivity contribution in [2.45, 2.75) is 18.7 Å². The van der Waals surface area contributed by atoms with Gasteiger partial charge in [0, 0.05) is 0 Å². The smallest absolute Gasteiger partial charge is 0.180 e. The SMILES string of the molecule is COc1cccc(C)c1C(=O)C(C)Br. The molecule has 0 heterocycles. The summed E-state index contributed by atoms with van der Waals surface area (Å²) in [6.45, 7) is 3.72. The lowest BCUT2D eigenvalue weighted by Crippen LogP contribution is -2.13. The second-order valence-electron chi connectivity index (χ2n) is 3.13. The van der Waals surface area contributed by atoms with E-state index in [1.54, 1.807) is 13.2 Å². The van der Waals surface area contributed by atoms with Crippen molar-refractivity contribution >= 4 is 21.7 Å². The lowest BCUT2D eigenvalue weighted by Gasteiger charge is -2.11. The van der Waals surface area contributed by atoms with Crippen LogP contribution in [0.2, 0.25) is 0 Å². The molecule has 0 N–H and O–H groups in total. The van der Waals surface area contributed by atoms with Crippen LogP contribution < -0.4 is 4.74 Å². The van der Waals surface area contributed by atoms with Crippen LogP contribution in [0.4, 0.5) is 0 Å². The maximum Gasteiger partial charge on any atom is 0.180 e. The largest absolute Gasteiger partial charge is 0.496 e. The van der Waals surface area contributed by atoms with Gasteiger partial charge in [-0.2, -0.15) is 0 Å². The summed E-state index contributed by atoms with van der Waals surface area (Å²) in [5.41, 5.74) is 1.61. The zero-order valence-corrected chi connectivity index (χ0v) is 10.1. The molecule has 1 unspecified atom stereocenters. The molecule has 0 saturated carbocycles. The summed E-state index contributed by atoms with van der Waals surface area (Å²) in [5, 5.41) is 0. The molecule has 0 amide bonds. The molecule has 0 saturated heterocycles. The number of hydrogen-bond donors (Lipinski definition) is 0. The topological polar surface area (TPSA) is 26.3 Å².